The van der Waals surface area contributed by atoms with Crippen LogP contribution in [0.25, 0.3) is 0 Å². The molecule has 3 rings (SSSR count). The van der Waals surface area contributed by atoms with E-state index in [4.69, 9.17) is 9.68 Å². The monoisotopic (exact) mass is 323 g/mol. The third-order valence-corrected chi connectivity index (χ3v) is 4.10. The Balaban J connectivity index is 1.56. The summed E-state index contributed by atoms with van der Waals surface area (Å²) in [7, 11) is 0. The van der Waals surface area contributed by atoms with Gasteiger partial charge in [0.05, 0.1) is 17.9 Å². The van der Waals surface area contributed by atoms with Gasteiger partial charge in [0.2, 0.25) is 0 Å². The standard InChI is InChI=1S/C18H17N3O3/c19-12-13-3-1-4-14(11-13)18(23)21-8-6-15(7-9-21)20-17(22)16-5-2-10-24-16/h1-5,10-11,15H,6-9H2,(H,20,22). The minimum Gasteiger partial charge on any atom is -0.459 e. The zero-order chi connectivity index (χ0) is 16.9. The molecule has 0 radical (unpaired) electrons. The molecule has 1 N–H and O–H groups in total. The molecule has 0 aliphatic carbocycles. The van der Waals surface area contributed by atoms with Gasteiger partial charge in [-0.05, 0) is 43.2 Å². The summed E-state index contributed by atoms with van der Waals surface area (Å²) in [5.41, 5.74) is 0.994. The van der Waals surface area contributed by atoms with E-state index in [9.17, 15) is 9.59 Å². The number of carbonyl (C=O) groups excluding carboxylic acids is 2. The predicted octanol–water partition coefficient (Wildman–Crippen LogP) is 2.19. The summed E-state index contributed by atoms with van der Waals surface area (Å²) in [6.07, 6.45) is 2.85. The van der Waals surface area contributed by atoms with Crippen molar-refractivity contribution < 1.29 is 14.0 Å². The molecular formula is C18H17N3O3. The van der Waals surface area contributed by atoms with Gasteiger partial charge in [0.15, 0.2) is 5.76 Å². The quantitative estimate of drug-likeness (QED) is 0.938. The summed E-state index contributed by atoms with van der Waals surface area (Å²) in [5, 5.41) is 11.9. The van der Waals surface area contributed by atoms with Crippen LogP contribution in [0.2, 0.25) is 0 Å². The molecule has 1 aliphatic rings. The second kappa shape index (κ2) is 7.01. The Hall–Kier alpha value is -3.07. The van der Waals surface area contributed by atoms with Gasteiger partial charge in [-0.25, -0.2) is 0 Å². The minimum absolute atomic E-state index is 0.0251. The van der Waals surface area contributed by atoms with Gasteiger partial charge in [-0.15, -0.1) is 0 Å². The molecule has 6 nitrogen and oxygen atoms in total. The smallest absolute Gasteiger partial charge is 0.287 e. The van der Waals surface area contributed by atoms with E-state index >= 15 is 0 Å². The number of amides is 2. The van der Waals surface area contributed by atoms with E-state index in [1.165, 1.54) is 6.26 Å². The van der Waals surface area contributed by atoms with Gasteiger partial charge in [0, 0.05) is 24.7 Å². The lowest BCUT2D eigenvalue weighted by molar-refractivity contribution is 0.0695. The lowest BCUT2D eigenvalue weighted by Gasteiger charge is -2.32. The Morgan fingerprint density at radius 1 is 1.21 bits per heavy atom. The number of carbonyl (C=O) groups is 2. The highest BCUT2D eigenvalue weighted by Crippen LogP contribution is 2.15. The number of likely N-dealkylation sites (tertiary alicyclic amines) is 1. The summed E-state index contributed by atoms with van der Waals surface area (Å²) < 4.78 is 5.07. The molecule has 2 amide bonds. The Morgan fingerprint density at radius 2 is 2.00 bits per heavy atom. The fourth-order valence-corrected chi connectivity index (χ4v) is 2.80. The number of benzene rings is 1. The van der Waals surface area contributed by atoms with Crippen molar-refractivity contribution in [3.63, 3.8) is 0 Å². The van der Waals surface area contributed by atoms with Crippen LogP contribution in [0.3, 0.4) is 0 Å². The van der Waals surface area contributed by atoms with E-state index in [1.807, 2.05) is 6.07 Å². The van der Waals surface area contributed by atoms with E-state index in [0.29, 0.717) is 42.8 Å². The van der Waals surface area contributed by atoms with Crippen molar-refractivity contribution in [1.29, 1.82) is 5.26 Å². The van der Waals surface area contributed by atoms with E-state index in [1.54, 1.807) is 41.3 Å². The molecule has 1 aromatic carbocycles. The number of nitrogens with one attached hydrogen (secondary N) is 1. The van der Waals surface area contributed by atoms with Gasteiger partial charge >= 0.3 is 0 Å². The maximum Gasteiger partial charge on any atom is 0.287 e. The molecule has 0 atom stereocenters. The molecule has 0 spiro atoms. The molecule has 122 valence electrons. The topological polar surface area (TPSA) is 86.3 Å². The molecule has 6 heteroatoms. The molecule has 24 heavy (non-hydrogen) atoms. The van der Waals surface area contributed by atoms with Crippen molar-refractivity contribution in [3.8, 4) is 6.07 Å². The highest BCUT2D eigenvalue weighted by Gasteiger charge is 2.25. The average Bonchev–Trinajstić information content (AvgIpc) is 3.16. The van der Waals surface area contributed by atoms with Crippen molar-refractivity contribution in [1.82, 2.24) is 10.2 Å². The van der Waals surface area contributed by atoms with Gasteiger partial charge in [-0.1, -0.05) is 6.07 Å². The Bertz CT molecular complexity index is 769. The Morgan fingerprint density at radius 3 is 2.67 bits per heavy atom. The third-order valence-electron chi connectivity index (χ3n) is 4.10. The van der Waals surface area contributed by atoms with Gasteiger partial charge in [-0.2, -0.15) is 5.26 Å². The molecule has 1 fully saturated rings. The van der Waals surface area contributed by atoms with Gasteiger partial charge in [0.25, 0.3) is 11.8 Å². The maximum absolute atomic E-state index is 12.5. The van der Waals surface area contributed by atoms with Crippen molar-refractivity contribution >= 4 is 11.8 Å². The number of hydrogen-bond acceptors (Lipinski definition) is 4. The summed E-state index contributed by atoms with van der Waals surface area (Å²) >= 11 is 0. The summed E-state index contributed by atoms with van der Waals surface area (Å²) in [6.45, 7) is 1.14. The van der Waals surface area contributed by atoms with Crippen LogP contribution >= 0.6 is 0 Å². The zero-order valence-corrected chi connectivity index (χ0v) is 13.1. The summed E-state index contributed by atoms with van der Waals surface area (Å²) in [6, 6.07) is 12.1. The van der Waals surface area contributed by atoms with Crippen LogP contribution < -0.4 is 5.32 Å². The van der Waals surface area contributed by atoms with Crippen molar-refractivity contribution in [2.24, 2.45) is 0 Å². The first-order valence-corrected chi connectivity index (χ1v) is 7.81. The lowest BCUT2D eigenvalue weighted by atomic mass is 10.0. The number of nitrogens with zero attached hydrogens (tertiary/aromatic N) is 2. The SMILES string of the molecule is N#Cc1cccc(C(=O)N2CCC(NC(=O)c3ccco3)CC2)c1. The molecule has 0 saturated carbocycles. The number of nitriles is 1. The molecule has 1 aliphatic heterocycles. The minimum atomic E-state index is -0.230. The van der Waals surface area contributed by atoms with Gasteiger partial charge in [-0.3, -0.25) is 9.59 Å². The predicted molar refractivity (Wildman–Crippen MR) is 86.3 cm³/mol. The number of furan rings is 1. The number of piperidine rings is 1. The molecule has 1 aromatic heterocycles. The number of rotatable bonds is 3. The highest BCUT2D eigenvalue weighted by molar-refractivity contribution is 5.94. The fourth-order valence-electron chi connectivity index (χ4n) is 2.80. The molecule has 0 unspecified atom stereocenters. The van der Waals surface area contributed by atoms with E-state index in [-0.39, 0.29) is 17.9 Å². The van der Waals surface area contributed by atoms with Crippen LogP contribution in [-0.2, 0) is 0 Å². The van der Waals surface area contributed by atoms with Crippen LogP contribution in [0.1, 0.15) is 39.3 Å². The fraction of sp³-hybridized carbons (Fsp3) is 0.278. The number of hydrogen-bond donors (Lipinski definition) is 1. The first kappa shape index (κ1) is 15.8. The zero-order valence-electron chi connectivity index (χ0n) is 13.1. The van der Waals surface area contributed by atoms with Crippen molar-refractivity contribution in [3.05, 3.63) is 59.5 Å². The molecule has 2 aromatic rings. The first-order valence-electron chi connectivity index (χ1n) is 7.81. The maximum atomic E-state index is 12.5. The lowest BCUT2D eigenvalue weighted by Crippen LogP contribution is -2.46. The molecule has 2 heterocycles. The average molecular weight is 323 g/mol. The van der Waals surface area contributed by atoms with E-state index < -0.39 is 0 Å². The third kappa shape index (κ3) is 3.46. The Kier molecular flexibility index (Phi) is 4.62. The normalized spacial score (nSPS) is 14.9. The first-order chi connectivity index (χ1) is 11.7. The van der Waals surface area contributed by atoms with Crippen LogP contribution in [0.4, 0.5) is 0 Å². The largest absolute Gasteiger partial charge is 0.459 e. The second-order valence-corrected chi connectivity index (χ2v) is 5.71. The van der Waals surface area contributed by atoms with E-state index in [0.717, 1.165) is 0 Å². The highest BCUT2D eigenvalue weighted by atomic mass is 16.3. The van der Waals surface area contributed by atoms with Gasteiger partial charge < -0.3 is 14.6 Å². The van der Waals surface area contributed by atoms with Crippen molar-refractivity contribution in [2.75, 3.05) is 13.1 Å². The van der Waals surface area contributed by atoms with Crippen molar-refractivity contribution in [2.45, 2.75) is 18.9 Å². The molecule has 1 saturated heterocycles. The summed E-state index contributed by atoms with van der Waals surface area (Å²) in [4.78, 5) is 26.2. The molecular weight excluding hydrogens is 306 g/mol. The molecule has 0 bridgehead atoms. The summed E-state index contributed by atoms with van der Waals surface area (Å²) in [5.74, 6) is -0.0174. The van der Waals surface area contributed by atoms with Crippen LogP contribution in [0.15, 0.2) is 47.1 Å². The van der Waals surface area contributed by atoms with Crippen LogP contribution in [0, 0.1) is 11.3 Å². The van der Waals surface area contributed by atoms with E-state index in [2.05, 4.69) is 5.32 Å². The van der Waals surface area contributed by atoms with Crippen LogP contribution in [0.5, 0.6) is 0 Å². The Labute approximate surface area is 139 Å². The van der Waals surface area contributed by atoms with Crippen LogP contribution in [-0.4, -0.2) is 35.8 Å². The second-order valence-electron chi connectivity index (χ2n) is 5.71. The van der Waals surface area contributed by atoms with Gasteiger partial charge in [0.1, 0.15) is 0 Å².